The molecule has 0 fully saturated rings. The number of carboxylic acids is 2. The molecule has 3 N–H and O–H groups in total. The Labute approximate surface area is 288 Å². The van der Waals surface area contributed by atoms with Gasteiger partial charge in [-0.15, -0.1) is 0 Å². The van der Waals surface area contributed by atoms with Gasteiger partial charge in [-0.25, -0.2) is 14.6 Å². The van der Waals surface area contributed by atoms with E-state index in [1.807, 2.05) is 95.5 Å². The van der Waals surface area contributed by atoms with Gasteiger partial charge in [0.2, 0.25) is 0 Å². The lowest BCUT2D eigenvalue weighted by molar-refractivity contribution is 0.0651. The van der Waals surface area contributed by atoms with E-state index >= 15 is 0 Å². The fraction of sp³-hybridized carbons (Fsp3) is 0.0732. The van der Waals surface area contributed by atoms with Crippen molar-refractivity contribution in [3.8, 4) is 33.6 Å². The second-order valence-electron chi connectivity index (χ2n) is 11.7. The summed E-state index contributed by atoms with van der Waals surface area (Å²) in [6.07, 6.45) is 4.44. The first kappa shape index (κ1) is 32.0. The van der Waals surface area contributed by atoms with Crippen LogP contribution in [-0.4, -0.2) is 43.1 Å². The van der Waals surface area contributed by atoms with Crippen molar-refractivity contribution in [1.82, 2.24) is 14.4 Å². The highest BCUT2D eigenvalue weighted by molar-refractivity contribution is 6.02. The van der Waals surface area contributed by atoms with Gasteiger partial charge < -0.3 is 20.3 Å². The number of anilines is 2. The second-order valence-corrected chi connectivity index (χ2v) is 11.7. The lowest BCUT2D eigenvalue weighted by Gasteiger charge is -2.12. The fourth-order valence-electron chi connectivity index (χ4n) is 5.81. The number of hydrogen-bond donors (Lipinski definition) is 3. The van der Waals surface area contributed by atoms with Crippen molar-refractivity contribution >= 4 is 29.1 Å². The summed E-state index contributed by atoms with van der Waals surface area (Å²) in [5.41, 5.74) is 8.29. The van der Waals surface area contributed by atoms with E-state index in [4.69, 9.17) is 9.72 Å². The van der Waals surface area contributed by atoms with E-state index in [1.54, 1.807) is 12.3 Å². The first-order valence-corrected chi connectivity index (χ1v) is 16.1. The van der Waals surface area contributed by atoms with Gasteiger partial charge in [0.1, 0.15) is 17.2 Å². The van der Waals surface area contributed by atoms with E-state index in [0.29, 0.717) is 36.1 Å². The first-order valence-electron chi connectivity index (χ1n) is 16.1. The minimum atomic E-state index is -1.32. The molecule has 0 aliphatic carbocycles. The quantitative estimate of drug-likeness (QED) is 0.111. The number of aromatic carboxylic acids is 2. The van der Waals surface area contributed by atoms with Gasteiger partial charge in [-0.1, -0.05) is 84.9 Å². The lowest BCUT2D eigenvalue weighted by Crippen LogP contribution is -2.09. The van der Waals surface area contributed by atoms with Crippen molar-refractivity contribution in [1.29, 1.82) is 0 Å². The van der Waals surface area contributed by atoms with Gasteiger partial charge in [0.15, 0.2) is 0 Å². The molecule has 7 aromatic rings. The zero-order valence-corrected chi connectivity index (χ0v) is 26.9. The highest BCUT2D eigenvalue weighted by Gasteiger charge is 2.19. The number of carboxylic acid groups (broad SMARTS) is 2. The molecule has 0 aliphatic heterocycles. The molecular formula is C41H32N4O5. The summed E-state index contributed by atoms with van der Waals surface area (Å²) in [7, 11) is 0. The average Bonchev–Trinajstić information content (AvgIpc) is 3.51. The summed E-state index contributed by atoms with van der Waals surface area (Å²) in [4.78, 5) is 32.9. The van der Waals surface area contributed by atoms with Gasteiger partial charge in [0.05, 0.1) is 30.0 Å². The van der Waals surface area contributed by atoms with Crippen LogP contribution < -0.4 is 5.32 Å². The maximum absolute atomic E-state index is 11.9. The van der Waals surface area contributed by atoms with Crippen LogP contribution in [0.2, 0.25) is 0 Å². The molecule has 0 saturated heterocycles. The number of nitrogens with one attached hydrogen (secondary N) is 1. The van der Waals surface area contributed by atoms with E-state index in [9.17, 15) is 19.8 Å². The summed E-state index contributed by atoms with van der Waals surface area (Å²) in [5, 5.41) is 22.5. The first-order chi connectivity index (χ1) is 24.4. The van der Waals surface area contributed by atoms with Crippen molar-refractivity contribution in [3.63, 3.8) is 0 Å². The molecule has 9 nitrogen and oxygen atoms in total. The molecule has 0 atom stereocenters. The van der Waals surface area contributed by atoms with Gasteiger partial charge in [0, 0.05) is 29.2 Å². The van der Waals surface area contributed by atoms with Crippen LogP contribution in [0.25, 0.3) is 39.3 Å². The summed E-state index contributed by atoms with van der Waals surface area (Å²) < 4.78 is 7.89. The number of pyridine rings is 2. The summed E-state index contributed by atoms with van der Waals surface area (Å²) in [5.74, 6) is -2.02. The minimum absolute atomic E-state index is 0.285. The Balaban J connectivity index is 1.10. The minimum Gasteiger partial charge on any atom is -0.478 e. The zero-order chi connectivity index (χ0) is 34.5. The summed E-state index contributed by atoms with van der Waals surface area (Å²) in [6.45, 7) is 1.07. The Morgan fingerprint density at radius 3 is 2.12 bits per heavy atom. The Bertz CT molecular complexity index is 2290. The van der Waals surface area contributed by atoms with E-state index in [2.05, 4.69) is 34.6 Å². The summed E-state index contributed by atoms with van der Waals surface area (Å²) in [6, 6.07) is 40.4. The third-order valence-electron chi connectivity index (χ3n) is 8.42. The topological polar surface area (TPSA) is 126 Å². The molecule has 0 spiro atoms. The lowest BCUT2D eigenvalue weighted by atomic mass is 10.1. The largest absolute Gasteiger partial charge is 0.478 e. The number of rotatable bonds is 12. The van der Waals surface area contributed by atoms with Crippen LogP contribution in [0, 0.1) is 0 Å². The van der Waals surface area contributed by atoms with Crippen LogP contribution in [0.5, 0.6) is 0 Å². The molecule has 7 rings (SSSR count). The van der Waals surface area contributed by atoms with Gasteiger partial charge >= 0.3 is 11.9 Å². The summed E-state index contributed by atoms with van der Waals surface area (Å²) >= 11 is 0. The Kier molecular flexibility index (Phi) is 9.13. The monoisotopic (exact) mass is 660 g/mol. The van der Waals surface area contributed by atoms with Crippen LogP contribution in [0.4, 0.5) is 11.5 Å². The van der Waals surface area contributed by atoms with Crippen molar-refractivity contribution in [3.05, 3.63) is 162 Å². The third-order valence-corrected chi connectivity index (χ3v) is 8.42. The van der Waals surface area contributed by atoms with Crippen LogP contribution in [0.1, 0.15) is 31.8 Å². The zero-order valence-electron chi connectivity index (χ0n) is 26.9. The molecule has 0 unspecified atom stereocenters. The molecule has 0 aliphatic rings. The van der Waals surface area contributed by atoms with E-state index in [1.165, 1.54) is 12.1 Å². The van der Waals surface area contributed by atoms with E-state index < -0.39 is 11.9 Å². The number of carbonyl (C=O) groups is 2. The fourth-order valence-corrected chi connectivity index (χ4v) is 5.81. The molecule has 9 heteroatoms. The predicted molar refractivity (Wildman–Crippen MR) is 193 cm³/mol. The second kappa shape index (κ2) is 14.3. The van der Waals surface area contributed by atoms with E-state index in [-0.39, 0.29) is 11.1 Å². The molecule has 0 saturated carbocycles. The molecule has 3 heterocycles. The smallest absolute Gasteiger partial charge is 0.336 e. The third kappa shape index (κ3) is 6.99. The van der Waals surface area contributed by atoms with Crippen molar-refractivity contribution < 1.29 is 24.5 Å². The molecule has 50 heavy (non-hydrogen) atoms. The molecule has 3 aromatic heterocycles. The Morgan fingerprint density at radius 2 is 1.40 bits per heavy atom. The standard InChI is InChI=1S/C41H32N4O5/c46-40(47)34-18-17-33(25-35(34)41(48)49)43-39-38(44-37-24-32(19-22-45(37)39)29-6-2-1-3-7-29)31-15-9-27(10-16-31)20-23-50-26-28-11-13-30(14-12-28)36-8-4-5-21-42-36/h1-19,21-22,24-25,43H,20,23,26H2,(H,46,47)(H,48,49). The van der Waals surface area contributed by atoms with Crippen LogP contribution in [0.15, 0.2) is 140 Å². The number of benzene rings is 4. The van der Waals surface area contributed by atoms with Crippen molar-refractivity contribution in [2.75, 3.05) is 11.9 Å². The number of imidazole rings is 1. The molecular weight excluding hydrogens is 628 g/mol. The van der Waals surface area contributed by atoms with Gasteiger partial charge in [-0.3, -0.25) is 9.38 Å². The van der Waals surface area contributed by atoms with Crippen LogP contribution >= 0.6 is 0 Å². The highest BCUT2D eigenvalue weighted by atomic mass is 16.5. The normalized spacial score (nSPS) is 11.0. The van der Waals surface area contributed by atoms with Gasteiger partial charge in [-0.2, -0.15) is 0 Å². The van der Waals surface area contributed by atoms with Crippen LogP contribution in [0.3, 0.4) is 0 Å². The SMILES string of the molecule is O=C(O)c1ccc(Nc2c(-c3ccc(CCOCc4ccc(-c5ccccn5)cc4)cc3)nc3cc(-c4ccccc4)ccn23)cc1C(=O)O. The number of fused-ring (bicyclic) bond motifs is 1. The molecule has 0 amide bonds. The molecule has 0 radical (unpaired) electrons. The average molecular weight is 661 g/mol. The number of ether oxygens (including phenoxy) is 1. The maximum Gasteiger partial charge on any atom is 0.336 e. The molecule has 4 aromatic carbocycles. The predicted octanol–water partition coefficient (Wildman–Crippen LogP) is 8.63. The number of nitrogens with zero attached hydrogens (tertiary/aromatic N) is 3. The van der Waals surface area contributed by atoms with E-state index in [0.717, 1.165) is 45.5 Å². The number of hydrogen-bond acceptors (Lipinski definition) is 6. The highest BCUT2D eigenvalue weighted by Crippen LogP contribution is 2.34. The van der Waals surface area contributed by atoms with Gasteiger partial charge in [0.25, 0.3) is 0 Å². The molecule has 246 valence electrons. The Hall–Kier alpha value is -6.58. The maximum atomic E-state index is 11.9. The Morgan fingerprint density at radius 1 is 0.680 bits per heavy atom. The number of aromatic nitrogens is 3. The van der Waals surface area contributed by atoms with Gasteiger partial charge in [-0.05, 0) is 71.1 Å². The van der Waals surface area contributed by atoms with Crippen molar-refractivity contribution in [2.24, 2.45) is 0 Å². The molecule has 0 bridgehead atoms. The van der Waals surface area contributed by atoms with Crippen molar-refractivity contribution in [2.45, 2.75) is 13.0 Å². The van der Waals surface area contributed by atoms with Crippen LogP contribution in [-0.2, 0) is 17.8 Å².